The molecule has 6 nitrogen and oxygen atoms in total. The molecule has 3 rings (SSSR count). The van der Waals surface area contributed by atoms with Crippen molar-refractivity contribution in [1.82, 2.24) is 0 Å². The normalized spacial score (nSPS) is 10.9. The Hall–Kier alpha value is -2.64. The van der Waals surface area contributed by atoms with Gasteiger partial charge in [0.1, 0.15) is 16.1 Å². The molecule has 1 amide bonds. The number of anilines is 1. The van der Waals surface area contributed by atoms with Crippen molar-refractivity contribution in [3.63, 3.8) is 0 Å². The van der Waals surface area contributed by atoms with Gasteiger partial charge in [0.25, 0.3) is 5.91 Å². The Bertz CT molecular complexity index is 1130. The van der Waals surface area contributed by atoms with Crippen LogP contribution in [0, 0.1) is 12.3 Å². The summed E-state index contributed by atoms with van der Waals surface area (Å²) in [6, 6.07) is 6.50. The van der Waals surface area contributed by atoms with Crippen molar-refractivity contribution in [1.29, 1.82) is 5.41 Å². The highest BCUT2D eigenvalue weighted by atomic mass is 35.5. The third-order valence-corrected chi connectivity index (χ3v) is 5.54. The van der Waals surface area contributed by atoms with Gasteiger partial charge in [0.2, 0.25) is 5.55 Å². The second-order valence-electron chi connectivity index (χ2n) is 6.04. The Balaban J connectivity index is 2.02. The molecule has 0 atom stereocenters. The summed E-state index contributed by atoms with van der Waals surface area (Å²) in [6.07, 6.45) is 0.639. The summed E-state index contributed by atoms with van der Waals surface area (Å²) >= 11 is 7.31. The predicted molar refractivity (Wildman–Crippen MR) is 109 cm³/mol. The number of hydrogen-bond donors (Lipinski definition) is 2. The molecule has 0 saturated heterocycles. The highest BCUT2D eigenvalue weighted by Crippen LogP contribution is 2.34. The molecule has 0 aliphatic rings. The summed E-state index contributed by atoms with van der Waals surface area (Å²) in [5.41, 5.74) is 1.45. The number of hydrogen-bond acceptors (Lipinski definition) is 6. The minimum atomic E-state index is -0.537. The molecule has 3 aromatic rings. The molecule has 0 aliphatic carbocycles. The molecule has 0 saturated carbocycles. The molecule has 2 heterocycles. The molecule has 1 aromatic carbocycles. The van der Waals surface area contributed by atoms with Crippen LogP contribution in [0.1, 0.15) is 45.0 Å². The van der Waals surface area contributed by atoms with E-state index in [9.17, 15) is 9.59 Å². The third kappa shape index (κ3) is 3.81. The van der Waals surface area contributed by atoms with Gasteiger partial charge >= 0.3 is 5.97 Å². The molecule has 28 heavy (non-hydrogen) atoms. The standard InChI is InChI=1S/C20H19ClN2O4S/c1-4-13-10(3)28-19(16(13)20(25)26-5-2)23-18(24)14-9-11-8-12(21)6-7-15(11)27-17(14)22/h6-9,22H,4-5H2,1-3H3,(H,23,24). The molecule has 2 N–H and O–H groups in total. The summed E-state index contributed by atoms with van der Waals surface area (Å²) in [5.74, 6) is -1.01. The summed E-state index contributed by atoms with van der Waals surface area (Å²) < 4.78 is 10.6. The number of rotatable bonds is 5. The average molecular weight is 419 g/mol. The molecule has 0 fully saturated rings. The number of carbonyl (C=O) groups is 2. The van der Waals surface area contributed by atoms with Crippen molar-refractivity contribution < 1.29 is 18.7 Å². The topological polar surface area (TPSA) is 92.4 Å². The minimum Gasteiger partial charge on any atom is -0.462 e. The molecule has 0 unspecified atom stereocenters. The van der Waals surface area contributed by atoms with E-state index in [0.29, 0.717) is 33.0 Å². The van der Waals surface area contributed by atoms with Gasteiger partial charge in [-0.2, -0.15) is 0 Å². The fourth-order valence-electron chi connectivity index (χ4n) is 2.96. The number of nitrogens with one attached hydrogen (secondary N) is 2. The smallest absolute Gasteiger partial charge is 0.341 e. The average Bonchev–Trinajstić information content (AvgIpc) is 2.96. The minimum absolute atomic E-state index is 0.0497. The van der Waals surface area contributed by atoms with Crippen LogP contribution in [0.3, 0.4) is 0 Å². The van der Waals surface area contributed by atoms with Crippen molar-refractivity contribution in [2.24, 2.45) is 0 Å². The van der Waals surface area contributed by atoms with Crippen LogP contribution in [0.4, 0.5) is 5.00 Å². The van der Waals surface area contributed by atoms with Gasteiger partial charge in [-0.15, -0.1) is 11.3 Å². The molecule has 0 radical (unpaired) electrons. The number of thiophene rings is 1. The number of aryl methyl sites for hydroxylation is 1. The van der Waals surface area contributed by atoms with Crippen LogP contribution in [0.2, 0.25) is 5.02 Å². The van der Waals surface area contributed by atoms with E-state index in [1.165, 1.54) is 11.3 Å². The van der Waals surface area contributed by atoms with Gasteiger partial charge < -0.3 is 14.5 Å². The zero-order valence-corrected chi connectivity index (χ0v) is 17.2. The molecule has 146 valence electrons. The van der Waals surface area contributed by atoms with E-state index in [1.54, 1.807) is 31.2 Å². The van der Waals surface area contributed by atoms with Crippen molar-refractivity contribution >= 4 is 50.8 Å². The monoisotopic (exact) mass is 418 g/mol. The van der Waals surface area contributed by atoms with Crippen molar-refractivity contribution in [3.05, 3.63) is 56.4 Å². The van der Waals surface area contributed by atoms with Gasteiger partial charge in [0, 0.05) is 15.3 Å². The van der Waals surface area contributed by atoms with Crippen LogP contribution in [0.5, 0.6) is 0 Å². The van der Waals surface area contributed by atoms with Gasteiger partial charge in [-0.05, 0) is 50.1 Å². The van der Waals surface area contributed by atoms with Crippen LogP contribution in [0.15, 0.2) is 28.7 Å². The molecule has 0 spiro atoms. The molecule has 0 bridgehead atoms. The van der Waals surface area contributed by atoms with E-state index < -0.39 is 11.9 Å². The van der Waals surface area contributed by atoms with Crippen LogP contribution >= 0.6 is 22.9 Å². The fraction of sp³-hybridized carbons (Fsp3) is 0.250. The third-order valence-electron chi connectivity index (χ3n) is 4.24. The summed E-state index contributed by atoms with van der Waals surface area (Å²) in [5, 5.41) is 12.3. The Morgan fingerprint density at radius 2 is 2.04 bits per heavy atom. The highest BCUT2D eigenvalue weighted by Gasteiger charge is 2.24. The summed E-state index contributed by atoms with van der Waals surface area (Å²) in [7, 11) is 0. The first-order valence-corrected chi connectivity index (χ1v) is 9.93. The van der Waals surface area contributed by atoms with Crippen LogP contribution in [0.25, 0.3) is 11.0 Å². The second-order valence-corrected chi connectivity index (χ2v) is 7.70. The first kappa shape index (κ1) is 20.1. The number of amides is 1. The fourth-order valence-corrected chi connectivity index (χ4v) is 4.27. The maximum Gasteiger partial charge on any atom is 0.341 e. The zero-order chi connectivity index (χ0) is 20.4. The Morgan fingerprint density at radius 1 is 1.29 bits per heavy atom. The molecular weight excluding hydrogens is 400 g/mol. The lowest BCUT2D eigenvalue weighted by Gasteiger charge is -2.08. The lowest BCUT2D eigenvalue weighted by atomic mass is 10.1. The van der Waals surface area contributed by atoms with Gasteiger partial charge in [-0.3, -0.25) is 10.2 Å². The van der Waals surface area contributed by atoms with Gasteiger partial charge in [-0.25, -0.2) is 4.79 Å². The van der Waals surface area contributed by atoms with E-state index in [0.717, 1.165) is 10.4 Å². The highest BCUT2D eigenvalue weighted by molar-refractivity contribution is 7.16. The quantitative estimate of drug-likeness (QED) is 0.574. The maximum atomic E-state index is 12.8. The first-order valence-electron chi connectivity index (χ1n) is 8.74. The molecule has 2 aromatic heterocycles. The van der Waals surface area contributed by atoms with E-state index in [4.69, 9.17) is 26.2 Å². The number of benzene rings is 1. The molecule has 8 heteroatoms. The van der Waals surface area contributed by atoms with Gasteiger partial charge in [0.15, 0.2) is 0 Å². The number of fused-ring (bicyclic) bond motifs is 1. The number of ether oxygens (including phenoxy) is 1. The van der Waals surface area contributed by atoms with Crippen molar-refractivity contribution in [3.8, 4) is 0 Å². The second kappa shape index (κ2) is 8.16. The summed E-state index contributed by atoms with van der Waals surface area (Å²) in [6.45, 7) is 5.81. The molecule has 0 aliphatic heterocycles. The van der Waals surface area contributed by atoms with Gasteiger partial charge in [-0.1, -0.05) is 18.5 Å². The predicted octanol–water partition coefficient (Wildman–Crippen LogP) is 4.93. The Labute approximate surface area is 170 Å². The SMILES string of the molecule is CCOC(=O)c1c(NC(=O)c2cc3cc(Cl)ccc3oc2=N)sc(C)c1CC. The van der Waals surface area contributed by atoms with Crippen molar-refractivity contribution in [2.45, 2.75) is 27.2 Å². The van der Waals surface area contributed by atoms with Crippen LogP contribution in [-0.2, 0) is 11.2 Å². The Morgan fingerprint density at radius 3 is 2.71 bits per heavy atom. The first-order chi connectivity index (χ1) is 13.3. The summed E-state index contributed by atoms with van der Waals surface area (Å²) in [4.78, 5) is 26.2. The largest absolute Gasteiger partial charge is 0.462 e. The number of carbonyl (C=O) groups excluding carboxylic acids is 2. The number of halogens is 1. The number of esters is 1. The van der Waals surface area contributed by atoms with E-state index in [-0.39, 0.29) is 17.7 Å². The van der Waals surface area contributed by atoms with Crippen LogP contribution < -0.4 is 10.9 Å². The Kier molecular flexibility index (Phi) is 5.86. The lowest BCUT2D eigenvalue weighted by molar-refractivity contribution is 0.0527. The zero-order valence-electron chi connectivity index (χ0n) is 15.6. The van der Waals surface area contributed by atoms with E-state index in [2.05, 4.69) is 5.32 Å². The lowest BCUT2D eigenvalue weighted by Crippen LogP contribution is -2.21. The maximum absolute atomic E-state index is 12.8. The van der Waals surface area contributed by atoms with E-state index in [1.807, 2.05) is 13.8 Å². The van der Waals surface area contributed by atoms with Crippen LogP contribution in [-0.4, -0.2) is 18.5 Å². The molecular formula is C20H19ClN2O4S. The van der Waals surface area contributed by atoms with E-state index >= 15 is 0 Å². The van der Waals surface area contributed by atoms with Gasteiger partial charge in [0.05, 0.1) is 12.2 Å². The van der Waals surface area contributed by atoms with Crippen molar-refractivity contribution in [2.75, 3.05) is 11.9 Å².